The lowest BCUT2D eigenvalue weighted by molar-refractivity contribution is -0.151. The first kappa shape index (κ1) is 21.4. The fourth-order valence-electron chi connectivity index (χ4n) is 3.06. The number of methoxy groups -OCH3 is 1. The molecular formula is C21H20FNO7. The minimum atomic E-state index is -1.14. The Kier molecular flexibility index (Phi) is 6.73. The van der Waals surface area contributed by atoms with Crippen LogP contribution in [0.1, 0.15) is 38.7 Å². The number of ether oxygens (including phenoxy) is 2. The normalized spacial score (nSPS) is 13.7. The molecule has 0 atom stereocenters. The Morgan fingerprint density at radius 2 is 1.77 bits per heavy atom. The van der Waals surface area contributed by atoms with E-state index in [-0.39, 0.29) is 17.9 Å². The number of benzene rings is 1. The Morgan fingerprint density at radius 1 is 1.10 bits per heavy atom. The molecule has 0 bridgehead atoms. The van der Waals surface area contributed by atoms with Gasteiger partial charge in [0, 0.05) is 25.1 Å². The highest BCUT2D eigenvalue weighted by atomic mass is 19.1. The van der Waals surface area contributed by atoms with Crippen molar-refractivity contribution in [2.45, 2.75) is 12.8 Å². The van der Waals surface area contributed by atoms with E-state index in [2.05, 4.69) is 4.74 Å². The van der Waals surface area contributed by atoms with Crippen molar-refractivity contribution in [3.63, 3.8) is 0 Å². The second kappa shape index (κ2) is 9.45. The van der Waals surface area contributed by atoms with Crippen molar-refractivity contribution in [2.24, 2.45) is 0 Å². The van der Waals surface area contributed by atoms with Crippen molar-refractivity contribution in [3.05, 3.63) is 58.8 Å². The van der Waals surface area contributed by atoms with Gasteiger partial charge in [-0.05, 0) is 23.8 Å². The highest BCUT2D eigenvalue weighted by Crippen LogP contribution is 2.23. The number of carbonyl (C=O) groups excluding carboxylic acids is 4. The quantitative estimate of drug-likeness (QED) is 0.293. The Balaban J connectivity index is 1.89. The van der Waals surface area contributed by atoms with Gasteiger partial charge in [-0.25, -0.2) is 9.18 Å². The molecule has 1 aliphatic rings. The summed E-state index contributed by atoms with van der Waals surface area (Å²) in [6.45, 7) is 1.57. The van der Waals surface area contributed by atoms with Gasteiger partial charge in [0.25, 0.3) is 5.91 Å². The van der Waals surface area contributed by atoms with Gasteiger partial charge in [-0.15, -0.1) is 0 Å². The number of esters is 1. The smallest absolute Gasteiger partial charge is 0.374 e. The number of nitrogens with zero attached hydrogens (tertiary/aromatic N) is 1. The molecule has 1 aliphatic heterocycles. The topological polar surface area (TPSA) is 103 Å². The first-order valence-electron chi connectivity index (χ1n) is 9.27. The van der Waals surface area contributed by atoms with Crippen molar-refractivity contribution in [3.8, 4) is 0 Å². The van der Waals surface area contributed by atoms with E-state index in [1.54, 1.807) is 12.1 Å². The fraction of sp³-hybridized carbons (Fsp3) is 0.333. The number of Topliss-reactive ketones (excluding diaryl/α,β-unsaturated/α-hetero) is 2. The van der Waals surface area contributed by atoms with Gasteiger partial charge in [-0.2, -0.15) is 0 Å². The molecule has 1 fully saturated rings. The van der Waals surface area contributed by atoms with Gasteiger partial charge in [0.1, 0.15) is 5.82 Å². The molecule has 8 nitrogen and oxygen atoms in total. The Morgan fingerprint density at radius 3 is 2.40 bits per heavy atom. The van der Waals surface area contributed by atoms with Crippen molar-refractivity contribution in [2.75, 3.05) is 33.4 Å². The molecule has 0 spiro atoms. The number of hydrogen-bond donors (Lipinski definition) is 0. The number of amides is 1. The van der Waals surface area contributed by atoms with Crippen LogP contribution in [-0.4, -0.2) is 61.8 Å². The maximum absolute atomic E-state index is 13.2. The molecule has 9 heteroatoms. The highest BCUT2D eigenvalue weighted by Gasteiger charge is 2.28. The van der Waals surface area contributed by atoms with E-state index in [1.807, 2.05) is 0 Å². The number of morpholine rings is 1. The second-order valence-electron chi connectivity index (χ2n) is 6.69. The third-order valence-corrected chi connectivity index (χ3v) is 4.61. The lowest BCUT2D eigenvalue weighted by Gasteiger charge is -2.25. The van der Waals surface area contributed by atoms with Crippen LogP contribution < -0.4 is 0 Å². The van der Waals surface area contributed by atoms with Crippen molar-refractivity contribution in [1.29, 1.82) is 0 Å². The van der Waals surface area contributed by atoms with Gasteiger partial charge < -0.3 is 18.8 Å². The third kappa shape index (κ3) is 4.98. The SMILES string of the molecule is COC(=O)C(=O)CC(=O)c1oc(C(=O)N2CCOCC2)cc1Cc1ccc(F)cc1. The summed E-state index contributed by atoms with van der Waals surface area (Å²) in [5.41, 5.74) is 1.04. The molecule has 2 heterocycles. The molecule has 0 aliphatic carbocycles. The molecule has 1 amide bonds. The summed E-state index contributed by atoms with van der Waals surface area (Å²) in [4.78, 5) is 50.0. The number of rotatable bonds is 7. The van der Waals surface area contributed by atoms with E-state index < -0.39 is 35.7 Å². The van der Waals surface area contributed by atoms with E-state index in [4.69, 9.17) is 9.15 Å². The first-order chi connectivity index (χ1) is 14.4. The van der Waals surface area contributed by atoms with Crippen LogP contribution in [0.25, 0.3) is 0 Å². The van der Waals surface area contributed by atoms with Gasteiger partial charge in [0.2, 0.25) is 11.6 Å². The van der Waals surface area contributed by atoms with Crippen LogP contribution in [0, 0.1) is 5.82 Å². The monoisotopic (exact) mass is 417 g/mol. The molecular weight excluding hydrogens is 397 g/mol. The standard InChI is InChI=1S/C21H20FNO7/c1-28-21(27)17(25)12-16(24)19-14(10-13-2-4-15(22)5-3-13)11-18(30-19)20(26)23-6-8-29-9-7-23/h2-5,11H,6-10,12H2,1H3. The number of carbonyl (C=O) groups is 4. The van der Waals surface area contributed by atoms with E-state index >= 15 is 0 Å². The van der Waals surface area contributed by atoms with E-state index in [0.29, 0.717) is 37.4 Å². The molecule has 0 unspecified atom stereocenters. The molecule has 30 heavy (non-hydrogen) atoms. The minimum absolute atomic E-state index is 0.0529. The zero-order chi connectivity index (χ0) is 21.7. The number of furan rings is 1. The summed E-state index contributed by atoms with van der Waals surface area (Å²) < 4.78 is 28.3. The molecule has 0 saturated carbocycles. The van der Waals surface area contributed by atoms with Crippen molar-refractivity contribution in [1.82, 2.24) is 4.90 Å². The minimum Gasteiger partial charge on any atom is -0.463 e. The van der Waals surface area contributed by atoms with Gasteiger partial charge in [0.15, 0.2) is 11.5 Å². The molecule has 158 valence electrons. The molecule has 1 aromatic heterocycles. The summed E-state index contributed by atoms with van der Waals surface area (Å²) in [6.07, 6.45) is -0.574. The van der Waals surface area contributed by atoms with Gasteiger partial charge in [0.05, 0.1) is 26.7 Å². The summed E-state index contributed by atoms with van der Waals surface area (Å²) in [5, 5.41) is 0. The molecule has 0 N–H and O–H groups in total. The van der Waals surface area contributed by atoms with Gasteiger partial charge in [-0.1, -0.05) is 12.1 Å². The van der Waals surface area contributed by atoms with Crippen LogP contribution in [0.4, 0.5) is 4.39 Å². The highest BCUT2D eigenvalue weighted by molar-refractivity contribution is 6.38. The predicted octanol–water partition coefficient (Wildman–Crippen LogP) is 1.80. The lowest BCUT2D eigenvalue weighted by Crippen LogP contribution is -2.40. The maximum atomic E-state index is 13.2. The van der Waals surface area contributed by atoms with E-state index in [1.165, 1.54) is 23.1 Å². The first-order valence-corrected chi connectivity index (χ1v) is 9.27. The number of halogens is 1. The Labute approximate surface area is 171 Å². The summed E-state index contributed by atoms with van der Waals surface area (Å²) in [6, 6.07) is 7.07. The summed E-state index contributed by atoms with van der Waals surface area (Å²) in [7, 11) is 1.04. The number of ketones is 2. The lowest BCUT2D eigenvalue weighted by atomic mass is 10.0. The maximum Gasteiger partial charge on any atom is 0.374 e. The second-order valence-corrected chi connectivity index (χ2v) is 6.69. The molecule has 0 radical (unpaired) electrons. The summed E-state index contributed by atoms with van der Waals surface area (Å²) >= 11 is 0. The van der Waals surface area contributed by atoms with Crippen LogP contribution in [-0.2, 0) is 25.5 Å². The molecule has 2 aromatic rings. The van der Waals surface area contributed by atoms with Crippen LogP contribution >= 0.6 is 0 Å². The summed E-state index contributed by atoms with van der Waals surface area (Å²) in [5.74, 6) is -3.96. The average Bonchev–Trinajstić information content (AvgIpc) is 3.18. The van der Waals surface area contributed by atoms with E-state index in [9.17, 15) is 23.6 Å². The molecule has 1 aromatic carbocycles. The number of hydrogen-bond acceptors (Lipinski definition) is 7. The van der Waals surface area contributed by atoms with Gasteiger partial charge in [-0.3, -0.25) is 14.4 Å². The zero-order valence-corrected chi connectivity index (χ0v) is 16.3. The zero-order valence-electron chi connectivity index (χ0n) is 16.3. The third-order valence-electron chi connectivity index (χ3n) is 4.61. The fourth-order valence-corrected chi connectivity index (χ4v) is 3.06. The predicted molar refractivity (Wildman–Crippen MR) is 101 cm³/mol. The largest absolute Gasteiger partial charge is 0.463 e. The van der Waals surface area contributed by atoms with Crippen molar-refractivity contribution < 1.29 is 37.5 Å². The molecule has 3 rings (SSSR count). The average molecular weight is 417 g/mol. The van der Waals surface area contributed by atoms with Crippen LogP contribution in [0.15, 0.2) is 34.7 Å². The molecule has 1 saturated heterocycles. The van der Waals surface area contributed by atoms with Gasteiger partial charge >= 0.3 is 5.97 Å². The van der Waals surface area contributed by atoms with Crippen LogP contribution in [0.3, 0.4) is 0 Å². The van der Waals surface area contributed by atoms with Crippen LogP contribution in [0.5, 0.6) is 0 Å². The van der Waals surface area contributed by atoms with Crippen LogP contribution in [0.2, 0.25) is 0 Å². The Bertz CT molecular complexity index is 958. The van der Waals surface area contributed by atoms with E-state index in [0.717, 1.165) is 7.11 Å². The van der Waals surface area contributed by atoms with Crippen molar-refractivity contribution >= 4 is 23.4 Å². The Hall–Kier alpha value is -3.33.